The molecule has 34 heavy (non-hydrogen) atoms. The maximum atomic E-state index is 13.6. The molecule has 2 aliphatic heterocycles. The van der Waals surface area contributed by atoms with Gasteiger partial charge in [0.05, 0.1) is 12.3 Å². The van der Waals surface area contributed by atoms with E-state index in [1.165, 1.54) is 23.1 Å². The fraction of sp³-hybridized carbons (Fsp3) is 0.440. The Labute approximate surface area is 198 Å². The summed E-state index contributed by atoms with van der Waals surface area (Å²) in [5.41, 5.74) is 3.40. The third kappa shape index (κ3) is 4.90. The smallest absolute Gasteiger partial charge is 0.246 e. The summed E-state index contributed by atoms with van der Waals surface area (Å²) >= 11 is 0. The Morgan fingerprint density at radius 2 is 1.74 bits per heavy atom. The van der Waals surface area contributed by atoms with E-state index < -0.39 is 11.6 Å². The maximum Gasteiger partial charge on any atom is 0.246 e. The van der Waals surface area contributed by atoms with Gasteiger partial charge in [0, 0.05) is 42.6 Å². The summed E-state index contributed by atoms with van der Waals surface area (Å²) in [6, 6.07) is 10.3. The third-order valence-electron chi connectivity index (χ3n) is 6.79. The molecule has 0 bridgehead atoms. The highest BCUT2D eigenvalue weighted by Gasteiger charge is 2.31. The second-order valence-corrected chi connectivity index (χ2v) is 9.29. The Bertz CT molecular complexity index is 1130. The number of aryl methyl sites for hydroxylation is 1. The predicted octanol–water partition coefficient (Wildman–Crippen LogP) is 4.02. The van der Waals surface area contributed by atoms with Crippen molar-refractivity contribution in [3.8, 4) is 5.69 Å². The van der Waals surface area contributed by atoms with Crippen LogP contribution in [0.4, 0.5) is 26.1 Å². The lowest BCUT2D eigenvalue weighted by atomic mass is 10.1. The van der Waals surface area contributed by atoms with Gasteiger partial charge >= 0.3 is 0 Å². The van der Waals surface area contributed by atoms with Crippen LogP contribution in [-0.4, -0.2) is 63.1 Å². The van der Waals surface area contributed by atoms with Crippen LogP contribution in [0.5, 0.6) is 0 Å². The second kappa shape index (κ2) is 9.68. The normalized spacial score (nSPS) is 20.9. The summed E-state index contributed by atoms with van der Waals surface area (Å²) in [5, 5.41) is 17.3. The summed E-state index contributed by atoms with van der Waals surface area (Å²) < 4.78 is 28.5. The highest BCUT2D eigenvalue weighted by molar-refractivity contribution is 5.64. The van der Waals surface area contributed by atoms with Gasteiger partial charge in [-0.05, 0) is 75.0 Å². The van der Waals surface area contributed by atoms with Gasteiger partial charge in [0.15, 0.2) is 0 Å². The van der Waals surface area contributed by atoms with E-state index in [4.69, 9.17) is 0 Å². The number of hydrogen-bond acceptors (Lipinski definition) is 6. The molecule has 180 valence electrons. The Morgan fingerprint density at radius 1 is 0.971 bits per heavy atom. The lowest BCUT2D eigenvalue weighted by molar-refractivity contribution is 0.153. The van der Waals surface area contributed by atoms with E-state index in [1.54, 1.807) is 0 Å². The van der Waals surface area contributed by atoms with Crippen molar-refractivity contribution in [3.05, 3.63) is 59.9 Å². The standard InChI is InChI=1S/C25H30F2N6O/c1-17-8-20(29-25-28-16-33(30-25)24-11-18(26)10-19(27)12-24)13-23(9-17)32-7-3-4-21(32)14-31-6-2-5-22(31)15-34/h8-13,16,21-22,34H,2-7,14-15H2,1H3,(H,29,30). The molecular weight excluding hydrogens is 438 g/mol. The van der Waals surface area contributed by atoms with Crippen molar-refractivity contribution in [1.29, 1.82) is 0 Å². The fourth-order valence-corrected chi connectivity index (χ4v) is 5.22. The maximum absolute atomic E-state index is 13.6. The lowest BCUT2D eigenvalue weighted by Gasteiger charge is -2.33. The Morgan fingerprint density at radius 3 is 2.53 bits per heavy atom. The Kier molecular flexibility index (Phi) is 6.47. The summed E-state index contributed by atoms with van der Waals surface area (Å²) in [6.45, 7) is 5.32. The van der Waals surface area contributed by atoms with Gasteiger partial charge in [-0.25, -0.2) is 13.5 Å². The van der Waals surface area contributed by atoms with Gasteiger partial charge in [-0.1, -0.05) is 0 Å². The molecule has 3 aromatic rings. The SMILES string of the molecule is Cc1cc(Nc2ncn(-c3cc(F)cc(F)c3)n2)cc(N2CCCC2CN2CCCC2CO)c1. The van der Waals surface area contributed by atoms with Crippen molar-refractivity contribution in [2.75, 3.05) is 36.5 Å². The summed E-state index contributed by atoms with van der Waals surface area (Å²) in [4.78, 5) is 9.16. The Hall–Kier alpha value is -3.04. The number of aromatic nitrogens is 3. The molecule has 2 atom stereocenters. The van der Waals surface area contributed by atoms with E-state index in [0.29, 0.717) is 12.0 Å². The molecule has 0 aliphatic carbocycles. The molecule has 2 N–H and O–H groups in total. The molecule has 0 amide bonds. The molecule has 0 spiro atoms. The van der Waals surface area contributed by atoms with Crippen molar-refractivity contribution >= 4 is 17.3 Å². The minimum absolute atomic E-state index is 0.229. The number of aliphatic hydroxyl groups excluding tert-OH is 1. The van der Waals surface area contributed by atoms with E-state index in [1.807, 2.05) is 6.07 Å². The van der Waals surface area contributed by atoms with Crippen LogP contribution in [0.2, 0.25) is 0 Å². The highest BCUT2D eigenvalue weighted by Crippen LogP contribution is 2.31. The van der Waals surface area contributed by atoms with Gasteiger partial charge in [-0.2, -0.15) is 4.98 Å². The molecule has 3 heterocycles. The summed E-state index contributed by atoms with van der Waals surface area (Å²) in [6.07, 6.45) is 5.94. The van der Waals surface area contributed by atoms with Crippen molar-refractivity contribution in [2.45, 2.75) is 44.7 Å². The number of likely N-dealkylation sites (tertiary alicyclic amines) is 1. The second-order valence-electron chi connectivity index (χ2n) is 9.29. The van der Waals surface area contributed by atoms with Crippen LogP contribution in [0.25, 0.3) is 5.69 Å². The molecule has 0 saturated carbocycles. The molecule has 2 aliphatic rings. The zero-order valence-corrected chi connectivity index (χ0v) is 19.3. The molecule has 2 aromatic carbocycles. The topological polar surface area (TPSA) is 69.5 Å². The van der Waals surface area contributed by atoms with Gasteiger partial charge in [0.1, 0.15) is 18.0 Å². The molecule has 5 rings (SSSR count). The van der Waals surface area contributed by atoms with Gasteiger partial charge < -0.3 is 15.3 Å². The molecule has 7 nitrogen and oxygen atoms in total. The number of anilines is 3. The van der Waals surface area contributed by atoms with Crippen LogP contribution in [0.15, 0.2) is 42.7 Å². The van der Waals surface area contributed by atoms with Crippen LogP contribution in [0, 0.1) is 18.6 Å². The van der Waals surface area contributed by atoms with Crippen molar-refractivity contribution in [2.24, 2.45) is 0 Å². The minimum Gasteiger partial charge on any atom is -0.395 e. The quantitative estimate of drug-likeness (QED) is 0.546. The van der Waals surface area contributed by atoms with E-state index in [2.05, 4.69) is 44.3 Å². The van der Waals surface area contributed by atoms with E-state index >= 15 is 0 Å². The molecule has 9 heteroatoms. The van der Waals surface area contributed by atoms with Gasteiger partial charge in [-0.15, -0.1) is 5.10 Å². The molecule has 1 aromatic heterocycles. The highest BCUT2D eigenvalue weighted by atomic mass is 19.1. The lowest BCUT2D eigenvalue weighted by Crippen LogP contribution is -2.43. The molecule has 0 radical (unpaired) electrons. The number of nitrogens with zero attached hydrogens (tertiary/aromatic N) is 5. The molecule has 2 fully saturated rings. The van der Waals surface area contributed by atoms with E-state index in [9.17, 15) is 13.9 Å². The molecular formula is C25H30F2N6O. The zero-order chi connectivity index (χ0) is 23.7. The average Bonchev–Trinajstić information content (AvgIpc) is 3.54. The Balaban J connectivity index is 1.32. The number of nitrogens with one attached hydrogen (secondary N) is 1. The summed E-state index contributed by atoms with van der Waals surface area (Å²) in [5.74, 6) is -0.979. The first-order chi connectivity index (χ1) is 16.5. The van der Waals surface area contributed by atoms with Crippen molar-refractivity contribution in [1.82, 2.24) is 19.7 Å². The monoisotopic (exact) mass is 468 g/mol. The van der Waals surface area contributed by atoms with E-state index in [-0.39, 0.29) is 18.3 Å². The van der Waals surface area contributed by atoms with Crippen LogP contribution in [0.3, 0.4) is 0 Å². The first kappa shape index (κ1) is 22.7. The number of halogens is 2. The van der Waals surface area contributed by atoms with Crippen LogP contribution in [0.1, 0.15) is 31.2 Å². The van der Waals surface area contributed by atoms with Crippen LogP contribution >= 0.6 is 0 Å². The first-order valence-corrected chi connectivity index (χ1v) is 11.9. The minimum atomic E-state index is -0.664. The van der Waals surface area contributed by atoms with Crippen molar-refractivity contribution < 1.29 is 13.9 Å². The third-order valence-corrected chi connectivity index (χ3v) is 6.79. The van der Waals surface area contributed by atoms with Gasteiger partial charge in [0.2, 0.25) is 5.95 Å². The van der Waals surface area contributed by atoms with Crippen molar-refractivity contribution in [3.63, 3.8) is 0 Å². The average molecular weight is 469 g/mol. The van der Waals surface area contributed by atoms with Gasteiger partial charge in [-0.3, -0.25) is 4.90 Å². The number of rotatable bonds is 7. The van der Waals surface area contributed by atoms with Gasteiger partial charge in [0.25, 0.3) is 0 Å². The van der Waals surface area contributed by atoms with Crippen LogP contribution < -0.4 is 10.2 Å². The summed E-state index contributed by atoms with van der Waals surface area (Å²) in [7, 11) is 0. The predicted molar refractivity (Wildman–Crippen MR) is 128 cm³/mol. The largest absolute Gasteiger partial charge is 0.395 e. The van der Waals surface area contributed by atoms with Crippen LogP contribution in [-0.2, 0) is 0 Å². The molecule has 2 unspecified atom stereocenters. The number of hydrogen-bond donors (Lipinski definition) is 2. The first-order valence-electron chi connectivity index (χ1n) is 11.9. The molecule has 2 saturated heterocycles. The van der Waals surface area contributed by atoms with E-state index in [0.717, 1.165) is 68.3 Å². The number of benzene rings is 2. The zero-order valence-electron chi connectivity index (χ0n) is 19.3. The fourth-order valence-electron chi connectivity index (χ4n) is 5.22. The number of aliphatic hydroxyl groups is 1.